The Labute approximate surface area is 194 Å². The first-order chi connectivity index (χ1) is 16.0. The van der Waals surface area contributed by atoms with Gasteiger partial charge >= 0.3 is 0 Å². The number of benzene rings is 1. The molecule has 0 atom stereocenters. The highest BCUT2D eigenvalue weighted by molar-refractivity contribution is 5.90. The van der Waals surface area contributed by atoms with Gasteiger partial charge in [0.1, 0.15) is 23.7 Å². The minimum Gasteiger partial charge on any atom is -0.383 e. The van der Waals surface area contributed by atoms with E-state index in [-0.39, 0.29) is 6.04 Å². The van der Waals surface area contributed by atoms with Crippen molar-refractivity contribution >= 4 is 22.5 Å². The van der Waals surface area contributed by atoms with Gasteiger partial charge in [-0.3, -0.25) is 0 Å². The average molecular weight is 443 g/mol. The van der Waals surface area contributed by atoms with E-state index in [0.717, 1.165) is 60.8 Å². The van der Waals surface area contributed by atoms with Gasteiger partial charge < -0.3 is 21.3 Å². The van der Waals surface area contributed by atoms with E-state index in [4.69, 9.17) is 10.8 Å². The summed E-state index contributed by atoms with van der Waals surface area (Å²) in [5.41, 5.74) is 13.4. The quantitative estimate of drug-likeness (QED) is 0.382. The van der Waals surface area contributed by atoms with Gasteiger partial charge in [0.15, 0.2) is 5.65 Å². The van der Waals surface area contributed by atoms with E-state index in [9.17, 15) is 0 Å². The van der Waals surface area contributed by atoms with Crippen molar-refractivity contribution in [1.29, 1.82) is 0 Å². The molecule has 3 aromatic rings. The lowest BCUT2D eigenvalue weighted by Crippen LogP contribution is -2.43. The van der Waals surface area contributed by atoms with Crippen molar-refractivity contribution in [3.8, 4) is 11.8 Å². The highest BCUT2D eigenvalue weighted by Crippen LogP contribution is 2.25. The summed E-state index contributed by atoms with van der Waals surface area (Å²) in [6.45, 7) is 10.7. The largest absolute Gasteiger partial charge is 0.383 e. The van der Waals surface area contributed by atoms with Crippen LogP contribution in [-0.4, -0.2) is 51.3 Å². The first kappa shape index (κ1) is 22.4. The Morgan fingerprint density at radius 1 is 1.33 bits per heavy atom. The Kier molecular flexibility index (Phi) is 6.64. The number of nitrogens with two attached hydrogens (primary N) is 1. The van der Waals surface area contributed by atoms with Gasteiger partial charge in [0.05, 0.1) is 11.4 Å². The number of rotatable bonds is 7. The summed E-state index contributed by atoms with van der Waals surface area (Å²) in [6.07, 6.45) is 3.72. The second-order valence-corrected chi connectivity index (χ2v) is 8.27. The Hall–Kier alpha value is -3.79. The normalized spacial score (nSPS) is 13.1. The molecule has 0 aliphatic carbocycles. The Balaban J connectivity index is 1.64. The fourth-order valence-electron chi connectivity index (χ4n) is 3.66. The summed E-state index contributed by atoms with van der Waals surface area (Å²) < 4.78 is 1.91. The molecule has 2 aromatic heterocycles. The van der Waals surface area contributed by atoms with Crippen LogP contribution in [0.15, 0.2) is 42.7 Å². The molecule has 1 aromatic carbocycles. The summed E-state index contributed by atoms with van der Waals surface area (Å²) in [4.78, 5) is 10.7. The van der Waals surface area contributed by atoms with Crippen LogP contribution in [0.5, 0.6) is 0 Å². The van der Waals surface area contributed by atoms with Gasteiger partial charge in [-0.25, -0.2) is 14.6 Å². The second kappa shape index (κ2) is 9.78. The highest BCUT2D eigenvalue weighted by Gasteiger charge is 2.24. The van der Waals surface area contributed by atoms with E-state index in [1.807, 2.05) is 36.9 Å². The minimum atomic E-state index is 0.250. The number of aryl methyl sites for hydroxylation is 1. The molecule has 0 bridgehead atoms. The van der Waals surface area contributed by atoms with Crippen LogP contribution in [0.25, 0.3) is 11.0 Å². The Morgan fingerprint density at radius 2 is 2.15 bits per heavy atom. The molecular weight excluding hydrogens is 412 g/mol. The van der Waals surface area contributed by atoms with Crippen LogP contribution in [0.1, 0.15) is 42.6 Å². The van der Waals surface area contributed by atoms with Crippen LogP contribution in [0.3, 0.4) is 0 Å². The summed E-state index contributed by atoms with van der Waals surface area (Å²) in [5, 5.41) is 12.1. The number of hydrogen-bond acceptors (Lipinski definition) is 7. The van der Waals surface area contributed by atoms with Crippen molar-refractivity contribution in [2.24, 2.45) is 0 Å². The number of anilines is 2. The van der Waals surface area contributed by atoms with Crippen LogP contribution < -0.4 is 16.4 Å². The maximum atomic E-state index is 6.17. The molecule has 4 N–H and O–H groups in total. The number of nitrogen functional groups attached to an aromatic ring is 1. The van der Waals surface area contributed by atoms with Gasteiger partial charge in [-0.2, -0.15) is 5.10 Å². The SMILES string of the molecule is C=C=C(Nc1ccc(C)c(C#Cc2nn(C3CNC3)c3ncnc(N)c23)c1)N(C)CCCC. The van der Waals surface area contributed by atoms with E-state index in [1.165, 1.54) is 6.33 Å². The van der Waals surface area contributed by atoms with Gasteiger partial charge in [-0.05, 0) is 37.0 Å². The first-order valence-electron chi connectivity index (χ1n) is 11.2. The number of nitrogens with one attached hydrogen (secondary N) is 2. The number of fused-ring (bicyclic) bond motifs is 1. The topological polar surface area (TPSA) is 96.9 Å². The summed E-state index contributed by atoms with van der Waals surface area (Å²) in [5.74, 6) is 7.74. The fraction of sp³-hybridized carbons (Fsp3) is 0.360. The summed E-state index contributed by atoms with van der Waals surface area (Å²) in [6, 6.07) is 6.36. The van der Waals surface area contributed by atoms with E-state index >= 15 is 0 Å². The molecule has 8 heteroatoms. The van der Waals surface area contributed by atoms with Crippen molar-refractivity contribution in [1.82, 2.24) is 30.0 Å². The fourth-order valence-corrected chi connectivity index (χ4v) is 3.66. The number of aromatic nitrogens is 4. The zero-order chi connectivity index (χ0) is 23.4. The molecule has 4 rings (SSSR count). The molecule has 0 saturated carbocycles. The summed E-state index contributed by atoms with van der Waals surface area (Å²) >= 11 is 0. The third-order valence-electron chi connectivity index (χ3n) is 5.84. The van der Waals surface area contributed by atoms with Crippen LogP contribution in [-0.2, 0) is 0 Å². The lowest BCUT2D eigenvalue weighted by molar-refractivity contribution is 0.324. The van der Waals surface area contributed by atoms with Crippen molar-refractivity contribution in [2.45, 2.75) is 32.7 Å². The molecule has 0 amide bonds. The van der Waals surface area contributed by atoms with E-state index in [0.29, 0.717) is 16.9 Å². The standard InChI is InChI=1S/C25H30N8/c1-5-7-12-32(4)22(6-2)30-19-10-8-17(3)18(13-19)9-11-21-23-24(26)28-16-29-25(23)33(31-21)20-14-27-15-20/h8,10,13,16,20,27,30H,2,5,7,12,14-15H2,1,3-4H3,(H2,26,28,29). The first-order valence-corrected chi connectivity index (χ1v) is 11.2. The van der Waals surface area contributed by atoms with E-state index < -0.39 is 0 Å². The average Bonchev–Trinajstić information content (AvgIpc) is 3.14. The Morgan fingerprint density at radius 3 is 2.85 bits per heavy atom. The van der Waals surface area contributed by atoms with E-state index in [2.05, 4.69) is 56.6 Å². The molecule has 0 unspecified atom stereocenters. The maximum absolute atomic E-state index is 6.17. The predicted octanol–water partition coefficient (Wildman–Crippen LogP) is 3.03. The van der Waals surface area contributed by atoms with Crippen LogP contribution >= 0.6 is 0 Å². The van der Waals surface area contributed by atoms with Crippen LogP contribution in [0.4, 0.5) is 11.5 Å². The van der Waals surface area contributed by atoms with Crippen molar-refractivity contribution in [3.05, 3.63) is 59.5 Å². The lowest BCUT2D eigenvalue weighted by Gasteiger charge is -2.27. The number of nitrogens with zero attached hydrogens (tertiary/aromatic N) is 5. The zero-order valence-corrected chi connectivity index (χ0v) is 19.4. The lowest BCUT2D eigenvalue weighted by atomic mass is 10.1. The van der Waals surface area contributed by atoms with Crippen molar-refractivity contribution in [3.63, 3.8) is 0 Å². The number of hydrogen-bond donors (Lipinski definition) is 3. The Bertz CT molecular complexity index is 1270. The number of unbranched alkanes of at least 4 members (excludes halogenated alkanes) is 1. The predicted molar refractivity (Wildman–Crippen MR) is 133 cm³/mol. The molecule has 170 valence electrons. The molecule has 3 heterocycles. The van der Waals surface area contributed by atoms with Gasteiger partial charge in [0.2, 0.25) is 0 Å². The molecule has 0 radical (unpaired) electrons. The third kappa shape index (κ3) is 4.70. The second-order valence-electron chi connectivity index (χ2n) is 8.27. The maximum Gasteiger partial charge on any atom is 0.165 e. The molecule has 0 spiro atoms. The molecule has 1 saturated heterocycles. The van der Waals surface area contributed by atoms with Crippen LogP contribution in [0.2, 0.25) is 0 Å². The van der Waals surface area contributed by atoms with E-state index in [1.54, 1.807) is 0 Å². The smallest absolute Gasteiger partial charge is 0.165 e. The van der Waals surface area contributed by atoms with Crippen LogP contribution in [0, 0.1) is 18.8 Å². The molecular formula is C25H30N8. The van der Waals surface area contributed by atoms with Gasteiger partial charge in [-0.15, -0.1) is 0 Å². The molecule has 8 nitrogen and oxygen atoms in total. The highest BCUT2D eigenvalue weighted by atomic mass is 15.4. The van der Waals surface area contributed by atoms with Gasteiger partial charge in [-0.1, -0.05) is 37.6 Å². The minimum absolute atomic E-state index is 0.250. The zero-order valence-electron chi connectivity index (χ0n) is 19.4. The van der Waals surface area contributed by atoms with Crippen molar-refractivity contribution < 1.29 is 0 Å². The molecule has 1 aliphatic rings. The summed E-state index contributed by atoms with van der Waals surface area (Å²) in [7, 11) is 2.04. The monoisotopic (exact) mass is 442 g/mol. The van der Waals surface area contributed by atoms with Gasteiger partial charge in [0.25, 0.3) is 0 Å². The molecule has 1 fully saturated rings. The third-order valence-corrected chi connectivity index (χ3v) is 5.84. The van der Waals surface area contributed by atoms with Gasteiger partial charge in [0, 0.05) is 37.9 Å². The van der Waals surface area contributed by atoms with Crippen molar-refractivity contribution in [2.75, 3.05) is 37.7 Å². The molecule has 33 heavy (non-hydrogen) atoms. The molecule has 1 aliphatic heterocycles.